The molecule has 1 aromatic carbocycles. The molecule has 3 fully saturated rings. The van der Waals surface area contributed by atoms with Crippen LogP contribution in [0.2, 0.25) is 0 Å². The van der Waals surface area contributed by atoms with Gasteiger partial charge >= 0.3 is 0 Å². The number of ketones is 4. The van der Waals surface area contributed by atoms with Gasteiger partial charge in [0.25, 0.3) is 0 Å². The number of carbonyl (C=O) groups is 5. The summed E-state index contributed by atoms with van der Waals surface area (Å²) >= 11 is 0. The van der Waals surface area contributed by atoms with E-state index in [1.807, 2.05) is 0 Å². The second kappa shape index (κ2) is 10.4. The predicted octanol–water partition coefficient (Wildman–Crippen LogP) is 0.874. The summed E-state index contributed by atoms with van der Waals surface area (Å²) in [6, 6.07) is 0.0245. The van der Waals surface area contributed by atoms with Crippen molar-refractivity contribution in [3.8, 4) is 5.75 Å². The van der Waals surface area contributed by atoms with Crippen molar-refractivity contribution >= 4 is 29.0 Å². The maximum Gasteiger partial charge on any atom is 0.235 e. The third-order valence-corrected chi connectivity index (χ3v) is 10.0. The van der Waals surface area contributed by atoms with E-state index in [1.165, 1.54) is 25.1 Å². The van der Waals surface area contributed by atoms with Crippen molar-refractivity contribution in [2.75, 3.05) is 27.2 Å². The van der Waals surface area contributed by atoms with Gasteiger partial charge in [-0.3, -0.25) is 33.8 Å². The first kappa shape index (κ1) is 29.5. The van der Waals surface area contributed by atoms with Gasteiger partial charge in [0.1, 0.15) is 11.6 Å². The number of phenolic OH excluding ortho intramolecular Hbond substituents is 1. The lowest BCUT2D eigenvalue weighted by molar-refractivity contribution is -0.181. The molecule has 4 aliphatic rings. The van der Waals surface area contributed by atoms with E-state index < -0.39 is 75.9 Å². The number of phenols is 1. The molecule has 2 unspecified atom stereocenters. The SMILES string of the molecule is CC(C)C1CCN(Cc2cc(O)c3c(c2F)C[C@H]2C[C@H]4[C@H](N(C)C)C(=O)C(C(N)=O)C(=O)[C@@]4(O)C(=O)C2C3=O)CC1. The second-order valence-electron chi connectivity index (χ2n) is 12.9. The van der Waals surface area contributed by atoms with E-state index in [0.29, 0.717) is 11.8 Å². The Hall–Kier alpha value is -3.02. The van der Waals surface area contributed by atoms with Crippen LogP contribution in [0.25, 0.3) is 0 Å². The number of amides is 1. The number of hydrogen-bond donors (Lipinski definition) is 3. The highest BCUT2D eigenvalue weighted by molar-refractivity contribution is 6.32. The number of fused-ring (bicyclic) bond motifs is 3. The Kier molecular flexibility index (Phi) is 7.45. The molecule has 4 N–H and O–H groups in total. The van der Waals surface area contributed by atoms with Crippen LogP contribution < -0.4 is 5.73 Å². The highest BCUT2D eigenvalue weighted by Crippen LogP contribution is 2.51. The highest BCUT2D eigenvalue weighted by atomic mass is 19.1. The first-order valence-electron chi connectivity index (χ1n) is 14.3. The maximum absolute atomic E-state index is 16.0. The number of benzene rings is 1. The summed E-state index contributed by atoms with van der Waals surface area (Å²) in [5.74, 6) is -11.0. The van der Waals surface area contributed by atoms with E-state index >= 15 is 4.39 Å². The zero-order valence-electron chi connectivity index (χ0n) is 23.9. The summed E-state index contributed by atoms with van der Waals surface area (Å²) in [5, 5.41) is 22.5. The molecule has 1 aliphatic heterocycles. The largest absolute Gasteiger partial charge is 0.507 e. The Bertz CT molecular complexity index is 1340. The van der Waals surface area contributed by atoms with Crippen molar-refractivity contribution in [3.05, 3.63) is 28.6 Å². The Labute approximate surface area is 238 Å². The lowest BCUT2D eigenvalue weighted by Gasteiger charge is -2.52. The summed E-state index contributed by atoms with van der Waals surface area (Å²) in [5.41, 5.74) is 2.47. The Morgan fingerprint density at radius 2 is 1.80 bits per heavy atom. The van der Waals surface area contributed by atoms with Gasteiger partial charge in [0, 0.05) is 23.6 Å². The molecule has 222 valence electrons. The van der Waals surface area contributed by atoms with Crippen LogP contribution in [-0.4, -0.2) is 87.9 Å². The number of likely N-dealkylation sites (N-methyl/N-ethyl adjacent to an activating group) is 1. The molecule has 41 heavy (non-hydrogen) atoms. The molecule has 1 amide bonds. The van der Waals surface area contributed by atoms with Crippen molar-refractivity contribution in [1.82, 2.24) is 9.80 Å². The first-order chi connectivity index (χ1) is 19.2. The number of rotatable bonds is 5. The fourth-order valence-electron chi connectivity index (χ4n) is 7.84. The summed E-state index contributed by atoms with van der Waals surface area (Å²) in [6.45, 7) is 6.23. The average Bonchev–Trinajstić information content (AvgIpc) is 2.89. The topological polar surface area (TPSA) is 158 Å². The van der Waals surface area contributed by atoms with Crippen LogP contribution in [-0.2, 0) is 32.1 Å². The predicted molar refractivity (Wildman–Crippen MR) is 144 cm³/mol. The molecular formula is C30H38FN3O7. The summed E-state index contributed by atoms with van der Waals surface area (Å²) < 4.78 is 16.0. The van der Waals surface area contributed by atoms with E-state index in [4.69, 9.17) is 5.73 Å². The van der Waals surface area contributed by atoms with Crippen molar-refractivity contribution in [2.24, 2.45) is 41.2 Å². The summed E-state index contributed by atoms with van der Waals surface area (Å²) in [7, 11) is 3.03. The molecule has 0 bridgehead atoms. The number of nitrogens with zero attached hydrogens (tertiary/aromatic N) is 2. The molecule has 1 aromatic rings. The van der Waals surface area contributed by atoms with Gasteiger partial charge in [-0.2, -0.15) is 0 Å². The summed E-state index contributed by atoms with van der Waals surface area (Å²) in [6.07, 6.45) is 1.78. The Morgan fingerprint density at radius 3 is 2.37 bits per heavy atom. The molecule has 5 rings (SSSR count). The van der Waals surface area contributed by atoms with Crippen LogP contribution in [0, 0.1) is 41.3 Å². The van der Waals surface area contributed by atoms with Crippen LogP contribution in [0.15, 0.2) is 6.07 Å². The Balaban J connectivity index is 1.50. The quantitative estimate of drug-likeness (QED) is 0.436. The summed E-state index contributed by atoms with van der Waals surface area (Å²) in [4.78, 5) is 69.7. The van der Waals surface area contributed by atoms with Gasteiger partial charge in [0.2, 0.25) is 5.91 Å². The van der Waals surface area contributed by atoms with Crippen LogP contribution in [0.4, 0.5) is 4.39 Å². The van der Waals surface area contributed by atoms with Gasteiger partial charge < -0.3 is 15.9 Å². The second-order valence-corrected chi connectivity index (χ2v) is 12.9. The Morgan fingerprint density at radius 1 is 1.17 bits per heavy atom. The number of likely N-dealkylation sites (tertiary alicyclic amines) is 1. The standard InChI is InChI=1S/C30H38FN3O7/c1-13(2)14-5-7-34(8-6-14)12-16-11-19(35)21-17(23(16)31)9-15-10-18-24(33(3)4)26(37)22(29(32)40)28(39)30(18,41)27(38)20(15)25(21)36/h11,13-15,18,20,22,24,35,41H,5-10,12H2,1-4H3,(H2,32,40)/t15-,18-,20?,22?,24-,30-/m0/s1. The molecule has 6 atom stereocenters. The number of hydrogen-bond acceptors (Lipinski definition) is 9. The molecule has 0 aromatic heterocycles. The fraction of sp³-hybridized carbons (Fsp3) is 0.633. The molecule has 0 spiro atoms. The highest BCUT2D eigenvalue weighted by Gasteiger charge is 2.69. The number of primary amides is 1. The van der Waals surface area contributed by atoms with Crippen molar-refractivity contribution < 1.29 is 38.6 Å². The zero-order chi connectivity index (χ0) is 30.1. The van der Waals surface area contributed by atoms with Gasteiger partial charge in [-0.15, -0.1) is 0 Å². The number of aliphatic hydroxyl groups is 1. The number of piperidine rings is 1. The lowest BCUT2D eigenvalue weighted by atomic mass is 9.52. The third-order valence-electron chi connectivity index (χ3n) is 10.0. The number of Topliss-reactive ketones (excluding diaryl/α,β-unsaturated/α-hetero) is 4. The number of aromatic hydroxyl groups is 1. The van der Waals surface area contributed by atoms with E-state index in [2.05, 4.69) is 18.7 Å². The van der Waals surface area contributed by atoms with Gasteiger partial charge in [0.05, 0.1) is 17.5 Å². The zero-order valence-corrected chi connectivity index (χ0v) is 23.9. The smallest absolute Gasteiger partial charge is 0.235 e. The van der Waals surface area contributed by atoms with Gasteiger partial charge in [-0.1, -0.05) is 13.8 Å². The number of halogens is 1. The molecule has 10 nitrogen and oxygen atoms in total. The first-order valence-corrected chi connectivity index (χ1v) is 14.3. The average molecular weight is 572 g/mol. The van der Waals surface area contributed by atoms with Crippen LogP contribution in [0.3, 0.4) is 0 Å². The van der Waals surface area contributed by atoms with Crippen molar-refractivity contribution in [1.29, 1.82) is 0 Å². The van der Waals surface area contributed by atoms with Crippen molar-refractivity contribution in [2.45, 2.75) is 57.7 Å². The fourth-order valence-corrected chi connectivity index (χ4v) is 7.84. The minimum Gasteiger partial charge on any atom is -0.507 e. The van der Waals surface area contributed by atoms with Crippen LogP contribution in [0.5, 0.6) is 5.75 Å². The van der Waals surface area contributed by atoms with Gasteiger partial charge in [-0.25, -0.2) is 4.39 Å². The monoisotopic (exact) mass is 571 g/mol. The lowest BCUT2D eigenvalue weighted by Crippen LogP contribution is -2.74. The molecule has 2 saturated carbocycles. The minimum atomic E-state index is -2.80. The maximum atomic E-state index is 16.0. The molecule has 3 aliphatic carbocycles. The van der Waals surface area contributed by atoms with Crippen LogP contribution >= 0.6 is 0 Å². The van der Waals surface area contributed by atoms with E-state index in [1.54, 1.807) is 0 Å². The molecule has 11 heteroatoms. The van der Waals surface area contributed by atoms with Gasteiger partial charge in [0.15, 0.2) is 34.7 Å². The molecule has 1 heterocycles. The molecular weight excluding hydrogens is 533 g/mol. The van der Waals surface area contributed by atoms with Gasteiger partial charge in [-0.05, 0) is 76.7 Å². The van der Waals surface area contributed by atoms with E-state index in [0.717, 1.165) is 25.9 Å². The number of carbonyl (C=O) groups excluding carboxylic acids is 5. The minimum absolute atomic E-state index is 0.00596. The number of nitrogens with two attached hydrogens (primary N) is 1. The van der Waals surface area contributed by atoms with Crippen molar-refractivity contribution in [3.63, 3.8) is 0 Å². The van der Waals surface area contributed by atoms with E-state index in [-0.39, 0.29) is 36.1 Å². The molecule has 0 radical (unpaired) electrons. The van der Waals surface area contributed by atoms with Crippen LogP contribution in [0.1, 0.15) is 54.6 Å². The third kappa shape index (κ3) is 4.44. The normalized spacial score (nSPS) is 32.7. The molecule has 1 saturated heterocycles. The van der Waals surface area contributed by atoms with E-state index in [9.17, 15) is 34.2 Å².